The van der Waals surface area contributed by atoms with E-state index in [4.69, 9.17) is 23.7 Å². The molecule has 0 radical (unpaired) electrons. The lowest BCUT2D eigenvalue weighted by atomic mass is 9.60. The molecule has 2 aliphatic carbocycles. The van der Waals surface area contributed by atoms with Crippen LogP contribution < -0.4 is 14.2 Å². The van der Waals surface area contributed by atoms with Crippen molar-refractivity contribution in [3.63, 3.8) is 0 Å². The Hall–Kier alpha value is -3.39. The van der Waals surface area contributed by atoms with Gasteiger partial charge in [-0.05, 0) is 91.0 Å². The largest absolute Gasteiger partial charge is 0.493 e. The molecule has 1 N–H and O–H groups in total. The predicted molar refractivity (Wildman–Crippen MR) is 240 cm³/mol. The summed E-state index contributed by atoms with van der Waals surface area (Å²) in [6.07, 6.45) is 2.76. The van der Waals surface area contributed by atoms with Gasteiger partial charge in [0.1, 0.15) is 35.1 Å². The summed E-state index contributed by atoms with van der Waals surface area (Å²) in [5.41, 5.74) is 4.51. The number of Topliss-reactive ketones (excluding diaryl/α,β-unsaturated/α-hetero) is 1. The summed E-state index contributed by atoms with van der Waals surface area (Å²) in [5, 5.41) is 13.1. The minimum atomic E-state index is -1.43. The van der Waals surface area contributed by atoms with E-state index < -0.39 is 34.4 Å². The smallest absolute Gasteiger partial charge is 0.202 e. The predicted octanol–water partition coefficient (Wildman–Crippen LogP) is 10.9. The first kappa shape index (κ1) is 44.7. The highest BCUT2D eigenvalue weighted by Gasteiger charge is 2.90. The molecule has 2 aliphatic heterocycles. The third-order valence-electron chi connectivity index (χ3n) is 13.5. The zero-order valence-corrected chi connectivity index (χ0v) is 39.6. The highest BCUT2D eigenvalue weighted by Crippen LogP contribution is 2.68. The number of hydrogen-bond donors (Lipinski definition) is 1. The van der Waals surface area contributed by atoms with E-state index >= 15 is 4.79 Å². The third kappa shape index (κ3) is 7.61. The molecule has 7 heteroatoms. The Labute approximate surface area is 361 Å². The molecular weight excluding hydrogens is 749 g/mol. The molecule has 4 aliphatic rings. The minimum absolute atomic E-state index is 0.0883. The Bertz CT molecular complexity index is 2010. The summed E-state index contributed by atoms with van der Waals surface area (Å²) in [6.45, 7) is 34.4. The van der Waals surface area contributed by atoms with Crippen LogP contribution in [0, 0.1) is 5.41 Å². The maximum Gasteiger partial charge on any atom is 0.202 e. The molecular formula is C53H74O7. The maximum atomic E-state index is 15.6. The number of ketones is 1. The number of carbonyl (C=O) groups is 1. The fraction of sp³-hybridized carbons (Fsp3) is 0.642. The van der Waals surface area contributed by atoms with E-state index in [1.807, 2.05) is 20.8 Å². The Balaban J connectivity index is 1.60. The summed E-state index contributed by atoms with van der Waals surface area (Å²) in [5.74, 6) is 2.41. The van der Waals surface area contributed by atoms with E-state index in [1.54, 1.807) is 0 Å². The van der Waals surface area contributed by atoms with Crippen molar-refractivity contribution in [1.29, 1.82) is 0 Å². The Morgan fingerprint density at radius 1 is 0.533 bits per heavy atom. The van der Waals surface area contributed by atoms with Crippen molar-refractivity contribution in [1.82, 2.24) is 0 Å². The van der Waals surface area contributed by atoms with Crippen LogP contribution in [0.15, 0.2) is 36.4 Å². The lowest BCUT2D eigenvalue weighted by molar-refractivity contribution is -0.132. The molecule has 2 spiro atoms. The van der Waals surface area contributed by atoms with Crippen LogP contribution in [0.2, 0.25) is 0 Å². The number of epoxide rings is 2. The highest BCUT2D eigenvalue weighted by molar-refractivity contribution is 6.03. The maximum absolute atomic E-state index is 15.6. The Morgan fingerprint density at radius 2 is 0.817 bits per heavy atom. The summed E-state index contributed by atoms with van der Waals surface area (Å²) in [4.78, 5) is 15.6. The van der Waals surface area contributed by atoms with E-state index in [2.05, 4.69) is 119 Å². The van der Waals surface area contributed by atoms with E-state index in [-0.39, 0.29) is 34.9 Å². The molecule has 3 fully saturated rings. The zero-order chi connectivity index (χ0) is 44.0. The second-order valence-corrected chi connectivity index (χ2v) is 22.6. The van der Waals surface area contributed by atoms with Crippen LogP contribution in [0.25, 0.3) is 0 Å². The third-order valence-corrected chi connectivity index (χ3v) is 13.5. The second kappa shape index (κ2) is 15.2. The van der Waals surface area contributed by atoms with Gasteiger partial charge in [-0.15, -0.1) is 0 Å². The van der Waals surface area contributed by atoms with Crippen LogP contribution in [-0.4, -0.2) is 59.7 Å². The summed E-state index contributed by atoms with van der Waals surface area (Å²) in [7, 11) is 0. The fourth-order valence-electron chi connectivity index (χ4n) is 9.79. The van der Waals surface area contributed by atoms with Gasteiger partial charge in [-0.1, -0.05) is 140 Å². The van der Waals surface area contributed by atoms with Gasteiger partial charge in [-0.3, -0.25) is 4.79 Å². The number of benzene rings is 3. The van der Waals surface area contributed by atoms with Crippen LogP contribution >= 0.6 is 0 Å². The van der Waals surface area contributed by atoms with Crippen molar-refractivity contribution >= 4 is 5.78 Å². The van der Waals surface area contributed by atoms with Gasteiger partial charge in [0.15, 0.2) is 11.2 Å². The van der Waals surface area contributed by atoms with Gasteiger partial charge in [0.25, 0.3) is 0 Å². The minimum Gasteiger partial charge on any atom is -0.493 e. The first-order chi connectivity index (χ1) is 27.9. The van der Waals surface area contributed by atoms with Gasteiger partial charge < -0.3 is 28.8 Å². The average molecular weight is 823 g/mol. The van der Waals surface area contributed by atoms with Crippen LogP contribution in [0.5, 0.6) is 17.2 Å². The molecule has 0 amide bonds. The number of fused-ring (bicyclic) bond motifs is 6. The number of ether oxygens (including phenoxy) is 5. The Morgan fingerprint density at radius 3 is 1.08 bits per heavy atom. The molecule has 328 valence electrons. The molecule has 2 heterocycles. The van der Waals surface area contributed by atoms with Crippen LogP contribution in [0.1, 0.15) is 173 Å². The fourth-order valence-corrected chi connectivity index (χ4v) is 9.79. The number of aliphatic hydroxyl groups is 1. The van der Waals surface area contributed by atoms with E-state index in [0.29, 0.717) is 32.7 Å². The van der Waals surface area contributed by atoms with Crippen molar-refractivity contribution < 1.29 is 33.6 Å². The molecule has 7 rings (SSSR count). The van der Waals surface area contributed by atoms with E-state index in [1.165, 1.54) is 5.56 Å². The van der Waals surface area contributed by atoms with E-state index in [9.17, 15) is 5.11 Å². The molecule has 7 nitrogen and oxygen atoms in total. The van der Waals surface area contributed by atoms with Gasteiger partial charge in [0.2, 0.25) is 5.78 Å². The zero-order valence-electron chi connectivity index (χ0n) is 39.6. The lowest BCUT2D eigenvalue weighted by Crippen LogP contribution is -2.64. The van der Waals surface area contributed by atoms with E-state index in [0.717, 1.165) is 81.0 Å². The SMILES string of the molecule is CCCOc1c2cc(C(C)(C)C)cc1Cc1cc(C(C)(C)C)cc(c1OCCC)CC13OC1C(O)(C(C)(C)C)C1OC1(Cc1cc(C(C)(C)C)cc(c1OCCC)C2)C3=O. The van der Waals surface area contributed by atoms with Gasteiger partial charge in [-0.25, -0.2) is 0 Å². The normalized spacial score (nSPS) is 26.2. The van der Waals surface area contributed by atoms with Gasteiger partial charge in [0.05, 0.1) is 19.8 Å². The van der Waals surface area contributed by atoms with Crippen LogP contribution in [0.4, 0.5) is 0 Å². The molecule has 2 saturated heterocycles. The van der Waals surface area contributed by atoms with Crippen molar-refractivity contribution in [2.75, 3.05) is 19.8 Å². The molecule has 4 atom stereocenters. The lowest BCUT2D eigenvalue weighted by Gasteiger charge is -2.42. The molecule has 1 saturated carbocycles. The van der Waals surface area contributed by atoms with Crippen molar-refractivity contribution in [2.24, 2.45) is 5.41 Å². The summed E-state index contributed by atoms with van der Waals surface area (Å²) < 4.78 is 34.1. The first-order valence-electron chi connectivity index (χ1n) is 22.9. The molecule has 3 aromatic carbocycles. The highest BCUT2D eigenvalue weighted by atomic mass is 16.7. The van der Waals surface area contributed by atoms with Crippen molar-refractivity contribution in [3.8, 4) is 17.2 Å². The standard InChI is InChI=1S/C53H74O7/c1-16-19-56-41-32-22-34-26-39(48(7,8)9)28-36(42(34)57-20-17-2)30-51-44(54)52(46(60-52)53(55,45(51)59-51)50(13,14)15)31-37-29-40(49(10,11)12)27-35(43(37)58-21-18-3)23-33(41)25-38(24-32)47(4,5)6/h24-29,45-46,55H,16-23,30-31H2,1-15H3. The van der Waals surface area contributed by atoms with Crippen molar-refractivity contribution in [2.45, 2.75) is 194 Å². The summed E-state index contributed by atoms with van der Waals surface area (Å²) in [6, 6.07) is 13.7. The van der Waals surface area contributed by atoms with Crippen LogP contribution in [0.3, 0.4) is 0 Å². The molecule has 0 aromatic heterocycles. The molecule has 8 bridgehead atoms. The van der Waals surface area contributed by atoms with Crippen LogP contribution in [-0.2, 0) is 56.2 Å². The average Bonchev–Trinajstić information content (AvgIpc) is 4.06. The molecule has 3 aromatic rings. The quantitative estimate of drug-likeness (QED) is 0.215. The number of hydrogen-bond acceptors (Lipinski definition) is 7. The van der Waals surface area contributed by atoms with Crippen molar-refractivity contribution in [3.05, 3.63) is 86.5 Å². The van der Waals surface area contributed by atoms with Gasteiger partial charge in [0, 0.05) is 25.7 Å². The van der Waals surface area contributed by atoms with Gasteiger partial charge in [-0.2, -0.15) is 0 Å². The second-order valence-electron chi connectivity index (χ2n) is 22.6. The molecule has 4 unspecified atom stereocenters. The van der Waals surface area contributed by atoms with Gasteiger partial charge >= 0.3 is 0 Å². The Kier molecular flexibility index (Phi) is 11.3. The number of carbonyl (C=O) groups excluding carboxylic acids is 1. The first-order valence-corrected chi connectivity index (χ1v) is 22.9. The summed E-state index contributed by atoms with van der Waals surface area (Å²) >= 11 is 0. The molecule has 60 heavy (non-hydrogen) atoms. The monoisotopic (exact) mass is 823 g/mol. The number of rotatable bonds is 9. The topological polar surface area (TPSA) is 90.1 Å².